The van der Waals surface area contributed by atoms with Gasteiger partial charge in [0, 0.05) is 28.8 Å². The van der Waals surface area contributed by atoms with E-state index in [-0.39, 0.29) is 17.7 Å². The van der Waals surface area contributed by atoms with Crippen molar-refractivity contribution in [3.05, 3.63) is 56.8 Å². The summed E-state index contributed by atoms with van der Waals surface area (Å²) >= 11 is 3.50. The van der Waals surface area contributed by atoms with Crippen LogP contribution in [0.5, 0.6) is 0 Å². The lowest BCUT2D eigenvalue weighted by molar-refractivity contribution is -0.0275. The van der Waals surface area contributed by atoms with E-state index in [4.69, 9.17) is 4.74 Å². The lowest BCUT2D eigenvalue weighted by Gasteiger charge is -2.32. The number of ether oxygens (including phenoxy) is 1. The molecule has 0 saturated carbocycles. The van der Waals surface area contributed by atoms with Crippen molar-refractivity contribution < 1.29 is 14.3 Å². The first-order chi connectivity index (χ1) is 12.9. The fourth-order valence-electron chi connectivity index (χ4n) is 3.78. The normalized spacial score (nSPS) is 17.9. The maximum Gasteiger partial charge on any atom is 0.193 e. The Kier molecular flexibility index (Phi) is 6.29. The van der Waals surface area contributed by atoms with Crippen molar-refractivity contribution in [2.75, 3.05) is 26.2 Å². The SMILES string of the molecule is CCc1c(C(=O)CN2CCOC(c3cccc(Br)c3)C2)[nH]c(C)c1C(C)=O. The number of carbonyl (C=O) groups is 2. The van der Waals surface area contributed by atoms with Crippen molar-refractivity contribution in [3.63, 3.8) is 0 Å². The molecule has 1 atom stereocenters. The Balaban J connectivity index is 1.74. The summed E-state index contributed by atoms with van der Waals surface area (Å²) in [6.07, 6.45) is 0.609. The van der Waals surface area contributed by atoms with Gasteiger partial charge in [0.15, 0.2) is 11.6 Å². The number of benzene rings is 1. The van der Waals surface area contributed by atoms with E-state index in [1.165, 1.54) is 0 Å². The van der Waals surface area contributed by atoms with E-state index in [9.17, 15) is 9.59 Å². The van der Waals surface area contributed by atoms with Gasteiger partial charge in [0.25, 0.3) is 0 Å². The first-order valence-electron chi connectivity index (χ1n) is 9.25. The topological polar surface area (TPSA) is 62.4 Å². The van der Waals surface area contributed by atoms with Gasteiger partial charge in [-0.05, 0) is 43.5 Å². The molecular weight excluding hydrogens is 408 g/mol. The van der Waals surface area contributed by atoms with Crippen molar-refractivity contribution in [1.82, 2.24) is 9.88 Å². The molecule has 1 aromatic carbocycles. The molecule has 1 fully saturated rings. The van der Waals surface area contributed by atoms with Crippen LogP contribution in [0.4, 0.5) is 0 Å². The van der Waals surface area contributed by atoms with Crippen molar-refractivity contribution >= 4 is 27.5 Å². The third-order valence-electron chi connectivity index (χ3n) is 5.01. The number of Topliss-reactive ketones (excluding diaryl/α,β-unsaturated/α-hetero) is 2. The van der Waals surface area contributed by atoms with Crippen LogP contribution in [0.15, 0.2) is 28.7 Å². The van der Waals surface area contributed by atoms with E-state index in [2.05, 4.69) is 31.9 Å². The lowest BCUT2D eigenvalue weighted by atomic mass is 10.0. The molecular formula is C21H25BrN2O3. The highest BCUT2D eigenvalue weighted by Gasteiger charge is 2.27. The average molecular weight is 433 g/mol. The molecule has 2 heterocycles. The van der Waals surface area contributed by atoms with Gasteiger partial charge < -0.3 is 9.72 Å². The Bertz CT molecular complexity index is 859. The number of hydrogen-bond donors (Lipinski definition) is 1. The fraction of sp³-hybridized carbons (Fsp3) is 0.429. The lowest BCUT2D eigenvalue weighted by Crippen LogP contribution is -2.41. The van der Waals surface area contributed by atoms with Crippen LogP contribution in [0.2, 0.25) is 0 Å². The molecule has 144 valence electrons. The number of aryl methyl sites for hydroxylation is 1. The predicted octanol–water partition coefficient (Wildman–Crippen LogP) is 4.11. The number of ketones is 2. The van der Waals surface area contributed by atoms with Gasteiger partial charge in [0.2, 0.25) is 0 Å². The van der Waals surface area contributed by atoms with Gasteiger partial charge in [-0.2, -0.15) is 0 Å². The first kappa shape index (κ1) is 20.0. The second kappa shape index (κ2) is 8.50. The molecule has 2 aromatic rings. The maximum atomic E-state index is 12.9. The quantitative estimate of drug-likeness (QED) is 0.697. The number of aromatic nitrogens is 1. The molecule has 3 rings (SSSR count). The minimum atomic E-state index is -0.0483. The summed E-state index contributed by atoms with van der Waals surface area (Å²) < 4.78 is 6.93. The van der Waals surface area contributed by atoms with E-state index in [1.54, 1.807) is 6.92 Å². The standard InChI is InChI=1S/C21H25BrN2O3/c1-4-17-20(14(3)25)13(2)23-21(17)18(26)11-24-8-9-27-19(12-24)15-6-5-7-16(22)10-15/h5-7,10,19,23H,4,8-9,11-12H2,1-3H3. The van der Waals surface area contributed by atoms with Crippen LogP contribution in [0.1, 0.15) is 57.6 Å². The number of aromatic amines is 1. The minimum Gasteiger partial charge on any atom is -0.371 e. The zero-order chi connectivity index (χ0) is 19.6. The number of morpholine rings is 1. The average Bonchev–Trinajstić information content (AvgIpc) is 2.98. The summed E-state index contributed by atoms with van der Waals surface area (Å²) in [5, 5.41) is 0. The third kappa shape index (κ3) is 4.39. The second-order valence-electron chi connectivity index (χ2n) is 6.96. The van der Waals surface area contributed by atoms with Crippen LogP contribution in [-0.2, 0) is 11.2 Å². The smallest absolute Gasteiger partial charge is 0.193 e. The highest BCUT2D eigenvalue weighted by atomic mass is 79.9. The molecule has 1 aliphatic heterocycles. The van der Waals surface area contributed by atoms with Gasteiger partial charge in [0.1, 0.15) is 0 Å². The second-order valence-corrected chi connectivity index (χ2v) is 7.88. The molecule has 0 bridgehead atoms. The number of carbonyl (C=O) groups excluding carboxylic acids is 2. The number of halogens is 1. The van der Waals surface area contributed by atoms with Crippen LogP contribution in [0, 0.1) is 6.92 Å². The Morgan fingerprint density at radius 3 is 2.81 bits per heavy atom. The molecule has 0 amide bonds. The van der Waals surface area contributed by atoms with E-state index in [0.29, 0.717) is 37.4 Å². The fourth-order valence-corrected chi connectivity index (χ4v) is 4.20. The zero-order valence-corrected chi connectivity index (χ0v) is 17.6. The van der Waals surface area contributed by atoms with Crippen LogP contribution in [0.3, 0.4) is 0 Å². The summed E-state index contributed by atoms with van der Waals surface area (Å²) in [7, 11) is 0. The maximum absolute atomic E-state index is 12.9. The summed E-state index contributed by atoms with van der Waals surface area (Å²) in [4.78, 5) is 30.2. The molecule has 1 aliphatic rings. The number of nitrogens with one attached hydrogen (secondary N) is 1. The monoisotopic (exact) mass is 432 g/mol. The predicted molar refractivity (Wildman–Crippen MR) is 109 cm³/mol. The Hall–Kier alpha value is -1.76. The van der Waals surface area contributed by atoms with Gasteiger partial charge in [-0.1, -0.05) is 35.0 Å². The van der Waals surface area contributed by atoms with Gasteiger partial charge in [0.05, 0.1) is 24.9 Å². The molecule has 5 nitrogen and oxygen atoms in total. The van der Waals surface area contributed by atoms with Crippen LogP contribution < -0.4 is 0 Å². The van der Waals surface area contributed by atoms with Gasteiger partial charge in [-0.15, -0.1) is 0 Å². The van der Waals surface area contributed by atoms with Crippen molar-refractivity contribution in [1.29, 1.82) is 0 Å². The van der Waals surface area contributed by atoms with Gasteiger partial charge in [-0.3, -0.25) is 14.5 Å². The summed E-state index contributed by atoms with van der Waals surface area (Å²) in [6, 6.07) is 8.08. The molecule has 0 spiro atoms. The third-order valence-corrected chi connectivity index (χ3v) is 5.51. The molecule has 1 unspecified atom stereocenters. The molecule has 6 heteroatoms. The van der Waals surface area contributed by atoms with E-state index in [0.717, 1.165) is 27.8 Å². The molecule has 0 radical (unpaired) electrons. The molecule has 1 aromatic heterocycles. The molecule has 27 heavy (non-hydrogen) atoms. The number of rotatable bonds is 6. The number of hydrogen-bond acceptors (Lipinski definition) is 4. The summed E-state index contributed by atoms with van der Waals surface area (Å²) in [6.45, 7) is 7.67. The molecule has 1 saturated heterocycles. The van der Waals surface area contributed by atoms with Crippen LogP contribution in [0.25, 0.3) is 0 Å². The first-order valence-corrected chi connectivity index (χ1v) is 10.0. The molecule has 1 N–H and O–H groups in total. The highest BCUT2D eigenvalue weighted by Crippen LogP contribution is 2.26. The Labute approximate surface area is 168 Å². The van der Waals surface area contributed by atoms with E-state index in [1.807, 2.05) is 32.0 Å². The largest absolute Gasteiger partial charge is 0.371 e. The van der Waals surface area contributed by atoms with Gasteiger partial charge >= 0.3 is 0 Å². The minimum absolute atomic E-state index is 0.000686. The number of nitrogens with zero attached hydrogens (tertiary/aromatic N) is 1. The number of H-pyrrole nitrogens is 1. The Morgan fingerprint density at radius 2 is 2.15 bits per heavy atom. The zero-order valence-electron chi connectivity index (χ0n) is 16.0. The van der Waals surface area contributed by atoms with Crippen LogP contribution in [-0.4, -0.2) is 47.7 Å². The van der Waals surface area contributed by atoms with Gasteiger partial charge in [-0.25, -0.2) is 0 Å². The van der Waals surface area contributed by atoms with Crippen LogP contribution >= 0.6 is 15.9 Å². The van der Waals surface area contributed by atoms with Crippen molar-refractivity contribution in [2.24, 2.45) is 0 Å². The van der Waals surface area contributed by atoms with E-state index < -0.39 is 0 Å². The van der Waals surface area contributed by atoms with Crippen molar-refractivity contribution in [3.8, 4) is 0 Å². The summed E-state index contributed by atoms with van der Waals surface area (Å²) in [5.41, 5.74) is 3.95. The highest BCUT2D eigenvalue weighted by molar-refractivity contribution is 9.10. The molecule has 0 aliphatic carbocycles. The summed E-state index contributed by atoms with van der Waals surface area (Å²) in [5.74, 6) is 0.0260. The van der Waals surface area contributed by atoms with Crippen molar-refractivity contribution in [2.45, 2.75) is 33.3 Å². The Morgan fingerprint density at radius 1 is 1.37 bits per heavy atom. The van der Waals surface area contributed by atoms with E-state index >= 15 is 0 Å².